The number of amides is 3. The number of carbonyl (C=O) groups is 2. The molecular formula is C13H23N3O2. The fourth-order valence-corrected chi connectivity index (χ4v) is 2.72. The molecule has 0 spiro atoms. The molecule has 0 aromatic carbocycles. The molecule has 102 valence electrons. The van der Waals surface area contributed by atoms with Gasteiger partial charge in [-0.3, -0.25) is 4.79 Å². The van der Waals surface area contributed by atoms with Crippen molar-refractivity contribution >= 4 is 11.9 Å². The number of carbonyl (C=O) groups excluding carboxylic acids is 2. The molecule has 18 heavy (non-hydrogen) atoms. The summed E-state index contributed by atoms with van der Waals surface area (Å²) in [7, 11) is 0. The molecule has 5 nitrogen and oxygen atoms in total. The molecule has 3 amide bonds. The lowest BCUT2D eigenvalue weighted by atomic mass is 10.2. The molecule has 2 fully saturated rings. The Morgan fingerprint density at radius 3 is 2.72 bits per heavy atom. The van der Waals surface area contributed by atoms with Crippen molar-refractivity contribution in [3.8, 4) is 0 Å². The zero-order valence-corrected chi connectivity index (χ0v) is 10.9. The highest BCUT2D eigenvalue weighted by Gasteiger charge is 2.19. The standard InChI is InChI=1S/C13H23N3O2/c17-12-7-3-9-16(12)10-4-8-14-13(18)15-11-5-1-2-6-11/h11H,1-10H2,(H2,14,15,18). The maximum absolute atomic E-state index is 11.6. The van der Waals surface area contributed by atoms with Gasteiger partial charge in [-0.1, -0.05) is 12.8 Å². The molecular weight excluding hydrogens is 230 g/mol. The summed E-state index contributed by atoms with van der Waals surface area (Å²) >= 11 is 0. The minimum atomic E-state index is -0.0605. The summed E-state index contributed by atoms with van der Waals surface area (Å²) in [6.07, 6.45) is 7.17. The van der Waals surface area contributed by atoms with E-state index in [2.05, 4.69) is 10.6 Å². The van der Waals surface area contributed by atoms with Crippen molar-refractivity contribution in [1.29, 1.82) is 0 Å². The van der Waals surface area contributed by atoms with E-state index < -0.39 is 0 Å². The molecule has 0 aromatic rings. The lowest BCUT2D eigenvalue weighted by Gasteiger charge is -2.16. The molecule has 5 heteroatoms. The second kappa shape index (κ2) is 6.61. The van der Waals surface area contributed by atoms with Gasteiger partial charge in [0.25, 0.3) is 0 Å². The van der Waals surface area contributed by atoms with Crippen molar-refractivity contribution in [2.45, 2.75) is 51.0 Å². The molecule has 1 saturated carbocycles. The molecule has 2 aliphatic rings. The average Bonchev–Trinajstić information content (AvgIpc) is 2.97. The first-order valence-corrected chi connectivity index (χ1v) is 7.08. The van der Waals surface area contributed by atoms with Crippen molar-refractivity contribution in [3.63, 3.8) is 0 Å². The van der Waals surface area contributed by atoms with E-state index in [0.29, 0.717) is 19.0 Å². The van der Waals surface area contributed by atoms with E-state index in [1.54, 1.807) is 0 Å². The van der Waals surface area contributed by atoms with Crippen molar-refractivity contribution < 1.29 is 9.59 Å². The fraction of sp³-hybridized carbons (Fsp3) is 0.846. The van der Waals surface area contributed by atoms with Crippen LogP contribution in [0, 0.1) is 0 Å². The number of hydrogen-bond donors (Lipinski definition) is 2. The van der Waals surface area contributed by atoms with Crippen LogP contribution in [-0.4, -0.2) is 42.5 Å². The van der Waals surface area contributed by atoms with E-state index in [4.69, 9.17) is 0 Å². The Balaban J connectivity index is 1.52. The summed E-state index contributed by atoms with van der Waals surface area (Å²) in [6, 6.07) is 0.305. The van der Waals surface area contributed by atoms with Crippen LogP contribution in [-0.2, 0) is 4.79 Å². The molecule has 2 rings (SSSR count). The second-order valence-corrected chi connectivity index (χ2v) is 5.22. The lowest BCUT2D eigenvalue weighted by molar-refractivity contribution is -0.127. The van der Waals surface area contributed by atoms with E-state index >= 15 is 0 Å². The van der Waals surface area contributed by atoms with Gasteiger partial charge in [-0.2, -0.15) is 0 Å². The third-order valence-corrected chi connectivity index (χ3v) is 3.75. The number of nitrogens with zero attached hydrogens (tertiary/aromatic N) is 1. The maximum atomic E-state index is 11.6. The first kappa shape index (κ1) is 13.2. The summed E-state index contributed by atoms with van der Waals surface area (Å²) in [6.45, 7) is 2.29. The molecule has 1 aliphatic carbocycles. The Bertz CT molecular complexity index is 301. The van der Waals surface area contributed by atoms with Gasteiger partial charge in [0.05, 0.1) is 0 Å². The van der Waals surface area contributed by atoms with E-state index in [1.807, 2.05) is 4.90 Å². The maximum Gasteiger partial charge on any atom is 0.315 e. The monoisotopic (exact) mass is 253 g/mol. The third kappa shape index (κ3) is 3.89. The highest BCUT2D eigenvalue weighted by atomic mass is 16.2. The molecule has 0 unspecified atom stereocenters. The molecule has 2 N–H and O–H groups in total. The van der Waals surface area contributed by atoms with Crippen molar-refractivity contribution in [2.24, 2.45) is 0 Å². The summed E-state index contributed by atoms with van der Waals surface area (Å²) in [5, 5.41) is 5.85. The average molecular weight is 253 g/mol. The number of nitrogens with one attached hydrogen (secondary N) is 2. The predicted molar refractivity (Wildman–Crippen MR) is 69.2 cm³/mol. The van der Waals surface area contributed by atoms with Gasteiger partial charge in [-0.15, -0.1) is 0 Å². The Hall–Kier alpha value is -1.26. The predicted octanol–water partition coefficient (Wildman–Crippen LogP) is 1.24. The van der Waals surface area contributed by atoms with Crippen molar-refractivity contribution in [3.05, 3.63) is 0 Å². The van der Waals surface area contributed by atoms with E-state index in [1.165, 1.54) is 12.8 Å². The molecule has 0 radical (unpaired) electrons. The summed E-state index contributed by atoms with van der Waals surface area (Å²) in [5.41, 5.74) is 0. The first-order chi connectivity index (χ1) is 8.75. The van der Waals surface area contributed by atoms with Gasteiger partial charge in [0.1, 0.15) is 0 Å². The molecule has 0 atom stereocenters. The van der Waals surface area contributed by atoms with Crippen LogP contribution in [0.15, 0.2) is 0 Å². The SMILES string of the molecule is O=C(NCCCN1CCCC1=O)NC1CCCC1. The smallest absolute Gasteiger partial charge is 0.315 e. The minimum absolute atomic E-state index is 0.0605. The third-order valence-electron chi connectivity index (χ3n) is 3.75. The van der Waals surface area contributed by atoms with Gasteiger partial charge < -0.3 is 15.5 Å². The Morgan fingerprint density at radius 1 is 1.28 bits per heavy atom. The van der Waals surface area contributed by atoms with Crippen molar-refractivity contribution in [1.82, 2.24) is 15.5 Å². The first-order valence-electron chi connectivity index (χ1n) is 7.08. The Kier molecular flexibility index (Phi) is 4.84. The summed E-state index contributed by atoms with van der Waals surface area (Å²) < 4.78 is 0. The number of likely N-dealkylation sites (tertiary alicyclic amines) is 1. The Morgan fingerprint density at radius 2 is 2.06 bits per heavy atom. The van der Waals surface area contributed by atoms with Crippen LogP contribution in [0.1, 0.15) is 44.9 Å². The van der Waals surface area contributed by atoms with Crippen LogP contribution in [0.25, 0.3) is 0 Å². The highest BCUT2D eigenvalue weighted by Crippen LogP contribution is 2.17. The van der Waals surface area contributed by atoms with Crippen LogP contribution in [0.5, 0.6) is 0 Å². The van der Waals surface area contributed by atoms with E-state index in [9.17, 15) is 9.59 Å². The van der Waals surface area contributed by atoms with Crippen LogP contribution >= 0.6 is 0 Å². The summed E-state index contributed by atoms with van der Waals surface area (Å²) in [4.78, 5) is 24.8. The molecule has 1 saturated heterocycles. The van der Waals surface area contributed by atoms with Crippen molar-refractivity contribution in [2.75, 3.05) is 19.6 Å². The van der Waals surface area contributed by atoms with Gasteiger partial charge >= 0.3 is 6.03 Å². The minimum Gasteiger partial charge on any atom is -0.343 e. The van der Waals surface area contributed by atoms with Gasteiger partial charge in [0.2, 0.25) is 5.91 Å². The number of rotatable bonds is 5. The topological polar surface area (TPSA) is 61.4 Å². The Labute approximate surface area is 108 Å². The van der Waals surface area contributed by atoms with E-state index in [-0.39, 0.29) is 11.9 Å². The van der Waals surface area contributed by atoms with Crippen LogP contribution in [0.3, 0.4) is 0 Å². The number of urea groups is 1. The van der Waals surface area contributed by atoms with Gasteiger partial charge in [0.15, 0.2) is 0 Å². The fourth-order valence-electron chi connectivity index (χ4n) is 2.72. The zero-order valence-electron chi connectivity index (χ0n) is 10.9. The van der Waals surface area contributed by atoms with Gasteiger partial charge in [-0.05, 0) is 25.7 Å². The number of hydrogen-bond acceptors (Lipinski definition) is 2. The normalized spacial score (nSPS) is 20.4. The molecule has 0 bridgehead atoms. The quantitative estimate of drug-likeness (QED) is 0.724. The van der Waals surface area contributed by atoms with Crippen LogP contribution in [0.4, 0.5) is 4.79 Å². The van der Waals surface area contributed by atoms with Gasteiger partial charge in [0, 0.05) is 32.1 Å². The molecule has 1 aliphatic heterocycles. The van der Waals surface area contributed by atoms with E-state index in [0.717, 1.165) is 38.8 Å². The second-order valence-electron chi connectivity index (χ2n) is 5.22. The highest BCUT2D eigenvalue weighted by molar-refractivity contribution is 5.78. The van der Waals surface area contributed by atoms with Crippen LogP contribution < -0.4 is 10.6 Å². The summed E-state index contributed by atoms with van der Waals surface area (Å²) in [5.74, 6) is 0.255. The largest absolute Gasteiger partial charge is 0.343 e. The molecule has 0 aromatic heterocycles. The zero-order chi connectivity index (χ0) is 12.8. The molecule has 1 heterocycles. The lowest BCUT2D eigenvalue weighted by Crippen LogP contribution is -2.41. The van der Waals surface area contributed by atoms with Gasteiger partial charge in [-0.25, -0.2) is 4.79 Å². The van der Waals surface area contributed by atoms with Crippen LogP contribution in [0.2, 0.25) is 0 Å².